The first-order valence-electron chi connectivity index (χ1n) is 8.17. The molecule has 0 aromatic carbocycles. The minimum atomic E-state index is 0. The number of rotatable bonds is 3. The molecule has 2 N–H and O–H groups in total. The Bertz CT molecular complexity index is 742. The van der Waals surface area contributed by atoms with Crippen LogP contribution in [0.1, 0.15) is 25.1 Å². The zero-order chi connectivity index (χ0) is 15.9. The van der Waals surface area contributed by atoms with Crippen molar-refractivity contribution in [2.24, 2.45) is 11.3 Å². The lowest BCUT2D eigenvalue weighted by molar-refractivity contribution is -0.118. The standard InChI is InChI=1S/C17H21N5O.2ClH/c1-12-19-9-10-22(12)15-14(3-2-6-20-15)21-16(23)13-11-17(13)4-7-18-8-5-17;;/h2-3,6,9-10,13,18H,4-5,7-8,11H2,1H3,(H,21,23);2*1H. The Morgan fingerprint density at radius 2 is 2.04 bits per heavy atom. The summed E-state index contributed by atoms with van der Waals surface area (Å²) in [5.41, 5.74) is 0.984. The maximum absolute atomic E-state index is 12.7. The Balaban J connectivity index is 0.00000113. The fourth-order valence-corrected chi connectivity index (χ4v) is 3.70. The summed E-state index contributed by atoms with van der Waals surface area (Å²) in [5.74, 6) is 1.83. The summed E-state index contributed by atoms with van der Waals surface area (Å²) < 4.78 is 1.89. The second-order valence-electron chi connectivity index (χ2n) is 6.58. The van der Waals surface area contributed by atoms with E-state index in [-0.39, 0.29) is 42.1 Å². The fourth-order valence-electron chi connectivity index (χ4n) is 3.70. The van der Waals surface area contributed by atoms with E-state index in [1.807, 2.05) is 29.8 Å². The number of nitrogens with one attached hydrogen (secondary N) is 2. The summed E-state index contributed by atoms with van der Waals surface area (Å²) in [6, 6.07) is 3.75. The molecular weight excluding hydrogens is 361 g/mol. The molecule has 1 saturated carbocycles. The third-order valence-corrected chi connectivity index (χ3v) is 5.20. The summed E-state index contributed by atoms with van der Waals surface area (Å²) in [4.78, 5) is 21.3. The first-order valence-corrected chi connectivity index (χ1v) is 8.17. The van der Waals surface area contributed by atoms with E-state index in [0.717, 1.165) is 49.7 Å². The Kier molecular flexibility index (Phi) is 6.08. The van der Waals surface area contributed by atoms with Crippen LogP contribution in [0.4, 0.5) is 5.69 Å². The van der Waals surface area contributed by atoms with Gasteiger partial charge in [0.15, 0.2) is 5.82 Å². The van der Waals surface area contributed by atoms with E-state index in [9.17, 15) is 4.79 Å². The summed E-state index contributed by atoms with van der Waals surface area (Å²) in [6.45, 7) is 3.97. The van der Waals surface area contributed by atoms with E-state index < -0.39 is 0 Å². The van der Waals surface area contributed by atoms with Crippen molar-refractivity contribution in [1.29, 1.82) is 0 Å². The lowest BCUT2D eigenvalue weighted by atomic mass is 9.92. The number of carbonyl (C=O) groups is 1. The van der Waals surface area contributed by atoms with Crippen LogP contribution in [-0.4, -0.2) is 33.5 Å². The van der Waals surface area contributed by atoms with Crippen molar-refractivity contribution < 1.29 is 4.79 Å². The zero-order valence-corrected chi connectivity index (χ0v) is 15.7. The minimum Gasteiger partial charge on any atom is -0.323 e. The molecule has 2 fully saturated rings. The number of anilines is 1. The third kappa shape index (κ3) is 3.66. The van der Waals surface area contributed by atoms with E-state index in [1.165, 1.54) is 0 Å². The molecule has 2 aromatic rings. The van der Waals surface area contributed by atoms with Crippen molar-refractivity contribution >= 4 is 36.4 Å². The van der Waals surface area contributed by atoms with Gasteiger partial charge in [0.25, 0.3) is 0 Å². The highest BCUT2D eigenvalue weighted by Gasteiger charge is 2.57. The topological polar surface area (TPSA) is 71.8 Å². The van der Waals surface area contributed by atoms with Crippen LogP contribution in [0.5, 0.6) is 0 Å². The molecule has 2 aromatic heterocycles. The molecule has 1 amide bonds. The normalized spacial score (nSPS) is 20.3. The number of hydrogen-bond acceptors (Lipinski definition) is 4. The molecule has 8 heteroatoms. The van der Waals surface area contributed by atoms with Crippen molar-refractivity contribution in [3.05, 3.63) is 36.5 Å². The SMILES string of the molecule is Cc1nccn1-c1ncccc1NC(=O)C1CC12CCNCC2.Cl.Cl. The lowest BCUT2D eigenvalue weighted by Crippen LogP contribution is -2.31. The third-order valence-electron chi connectivity index (χ3n) is 5.20. The van der Waals surface area contributed by atoms with Gasteiger partial charge in [-0.25, -0.2) is 9.97 Å². The minimum absolute atomic E-state index is 0. The van der Waals surface area contributed by atoms with Gasteiger partial charge in [-0.1, -0.05) is 0 Å². The number of aromatic nitrogens is 3. The number of carbonyl (C=O) groups excluding carboxylic acids is 1. The van der Waals surface area contributed by atoms with Gasteiger partial charge < -0.3 is 10.6 Å². The molecule has 1 aliphatic heterocycles. The molecule has 136 valence electrons. The van der Waals surface area contributed by atoms with Crippen LogP contribution in [0.25, 0.3) is 5.82 Å². The molecular formula is C17H23Cl2N5O. The number of amides is 1. The van der Waals surface area contributed by atoms with Crippen molar-refractivity contribution in [2.75, 3.05) is 18.4 Å². The van der Waals surface area contributed by atoms with Crippen LogP contribution in [0, 0.1) is 18.3 Å². The molecule has 6 nitrogen and oxygen atoms in total. The summed E-state index contributed by atoms with van der Waals surface area (Å²) in [7, 11) is 0. The molecule has 3 heterocycles. The number of pyridine rings is 1. The van der Waals surface area contributed by atoms with E-state index in [1.54, 1.807) is 12.4 Å². The van der Waals surface area contributed by atoms with Gasteiger partial charge in [0.1, 0.15) is 5.82 Å². The first kappa shape index (κ1) is 19.7. The Morgan fingerprint density at radius 3 is 2.72 bits per heavy atom. The Hall–Kier alpha value is -1.63. The summed E-state index contributed by atoms with van der Waals surface area (Å²) in [6.07, 6.45) is 8.55. The number of aryl methyl sites for hydroxylation is 1. The van der Waals surface area contributed by atoms with Crippen LogP contribution in [-0.2, 0) is 4.79 Å². The van der Waals surface area contributed by atoms with Crippen molar-refractivity contribution in [3.8, 4) is 5.82 Å². The van der Waals surface area contributed by atoms with E-state index in [4.69, 9.17) is 0 Å². The van der Waals surface area contributed by atoms with Crippen molar-refractivity contribution in [1.82, 2.24) is 19.9 Å². The summed E-state index contributed by atoms with van der Waals surface area (Å²) in [5, 5.41) is 6.46. The van der Waals surface area contributed by atoms with Crippen molar-refractivity contribution in [2.45, 2.75) is 26.2 Å². The van der Waals surface area contributed by atoms with Crippen LogP contribution < -0.4 is 10.6 Å². The van der Waals surface area contributed by atoms with Gasteiger partial charge in [0.2, 0.25) is 5.91 Å². The number of hydrogen-bond donors (Lipinski definition) is 2. The first-order chi connectivity index (χ1) is 11.2. The second-order valence-corrected chi connectivity index (χ2v) is 6.58. The highest BCUT2D eigenvalue weighted by Crippen LogP contribution is 2.58. The highest BCUT2D eigenvalue weighted by atomic mass is 35.5. The molecule has 25 heavy (non-hydrogen) atoms. The number of nitrogens with zero attached hydrogens (tertiary/aromatic N) is 3. The van der Waals surface area contributed by atoms with Gasteiger partial charge in [0.05, 0.1) is 5.69 Å². The number of piperidine rings is 1. The predicted molar refractivity (Wildman–Crippen MR) is 102 cm³/mol. The molecule has 1 aliphatic carbocycles. The van der Waals surface area contributed by atoms with Crippen molar-refractivity contribution in [3.63, 3.8) is 0 Å². The van der Waals surface area contributed by atoms with Gasteiger partial charge >= 0.3 is 0 Å². The monoisotopic (exact) mass is 383 g/mol. The average molecular weight is 384 g/mol. The molecule has 0 radical (unpaired) electrons. The molecule has 1 unspecified atom stereocenters. The van der Waals surface area contributed by atoms with Gasteiger partial charge in [0, 0.05) is 24.5 Å². The van der Waals surface area contributed by atoms with Gasteiger partial charge in [-0.15, -0.1) is 24.8 Å². The molecule has 1 atom stereocenters. The Labute approximate surface area is 159 Å². The molecule has 4 rings (SSSR count). The van der Waals surface area contributed by atoms with E-state index in [2.05, 4.69) is 20.6 Å². The zero-order valence-electron chi connectivity index (χ0n) is 14.1. The summed E-state index contributed by atoms with van der Waals surface area (Å²) >= 11 is 0. The molecule has 0 bridgehead atoms. The predicted octanol–water partition coefficient (Wildman–Crippen LogP) is 2.75. The van der Waals surface area contributed by atoms with Gasteiger partial charge in [-0.05, 0) is 56.8 Å². The van der Waals surface area contributed by atoms with Crippen LogP contribution in [0.15, 0.2) is 30.7 Å². The fraction of sp³-hybridized carbons (Fsp3) is 0.471. The lowest BCUT2D eigenvalue weighted by Gasteiger charge is -2.23. The van der Waals surface area contributed by atoms with Crippen LogP contribution in [0.3, 0.4) is 0 Å². The number of imidazole rings is 1. The quantitative estimate of drug-likeness (QED) is 0.854. The van der Waals surface area contributed by atoms with Gasteiger partial charge in [-0.3, -0.25) is 9.36 Å². The molecule has 1 saturated heterocycles. The number of halogens is 2. The second kappa shape index (κ2) is 7.72. The van der Waals surface area contributed by atoms with E-state index in [0.29, 0.717) is 0 Å². The van der Waals surface area contributed by atoms with Crippen LogP contribution >= 0.6 is 24.8 Å². The maximum atomic E-state index is 12.7. The molecule has 1 spiro atoms. The molecule has 2 aliphatic rings. The largest absolute Gasteiger partial charge is 0.323 e. The van der Waals surface area contributed by atoms with E-state index >= 15 is 0 Å². The van der Waals surface area contributed by atoms with Gasteiger partial charge in [-0.2, -0.15) is 0 Å². The van der Waals surface area contributed by atoms with Crippen LogP contribution in [0.2, 0.25) is 0 Å². The average Bonchev–Trinajstić information content (AvgIpc) is 3.08. The Morgan fingerprint density at radius 1 is 1.28 bits per heavy atom. The smallest absolute Gasteiger partial charge is 0.228 e. The maximum Gasteiger partial charge on any atom is 0.228 e. The highest BCUT2D eigenvalue weighted by molar-refractivity contribution is 5.96.